The Labute approximate surface area is 124 Å². The molecule has 1 unspecified atom stereocenters. The van der Waals surface area contributed by atoms with Gasteiger partial charge in [0.1, 0.15) is 22.4 Å². The Morgan fingerprint density at radius 1 is 1.43 bits per heavy atom. The van der Waals surface area contributed by atoms with E-state index in [4.69, 9.17) is 16.0 Å². The summed E-state index contributed by atoms with van der Waals surface area (Å²) in [5.74, 6) is -0.379. The fourth-order valence-electron chi connectivity index (χ4n) is 1.82. The van der Waals surface area contributed by atoms with Crippen molar-refractivity contribution in [3.05, 3.63) is 63.1 Å². The van der Waals surface area contributed by atoms with Crippen molar-refractivity contribution >= 4 is 23.2 Å². The van der Waals surface area contributed by atoms with Crippen LogP contribution in [-0.2, 0) is 0 Å². The van der Waals surface area contributed by atoms with Crippen molar-refractivity contribution < 1.29 is 19.2 Å². The van der Waals surface area contributed by atoms with Gasteiger partial charge in [0.15, 0.2) is 0 Å². The lowest BCUT2D eigenvalue weighted by molar-refractivity contribution is -0.385. The summed E-state index contributed by atoms with van der Waals surface area (Å²) in [6.45, 7) is -0.409. The van der Waals surface area contributed by atoms with Crippen LogP contribution in [0.3, 0.4) is 0 Å². The second kappa shape index (κ2) is 6.38. The fraction of sp³-hybridized carbons (Fsp3) is 0.154. The first-order valence-electron chi connectivity index (χ1n) is 5.92. The van der Waals surface area contributed by atoms with E-state index in [1.165, 1.54) is 24.5 Å². The molecular formula is C13H11ClN2O5. The molecule has 0 aliphatic rings. The largest absolute Gasteiger partial charge is 0.467 e. The minimum atomic E-state index is -0.800. The van der Waals surface area contributed by atoms with Crippen LogP contribution in [0.5, 0.6) is 0 Å². The van der Waals surface area contributed by atoms with E-state index in [9.17, 15) is 20.0 Å². The van der Waals surface area contributed by atoms with E-state index in [2.05, 4.69) is 5.32 Å². The molecule has 7 nitrogen and oxygen atoms in total. The number of nitrogens with one attached hydrogen (secondary N) is 1. The molecule has 2 N–H and O–H groups in total. The van der Waals surface area contributed by atoms with Crippen LogP contribution in [0.4, 0.5) is 5.69 Å². The van der Waals surface area contributed by atoms with E-state index in [1.807, 2.05) is 0 Å². The maximum absolute atomic E-state index is 12.2. The molecule has 0 fully saturated rings. The molecule has 110 valence electrons. The summed E-state index contributed by atoms with van der Waals surface area (Å²) in [6, 6.07) is 6.43. The first kappa shape index (κ1) is 15.0. The van der Waals surface area contributed by atoms with Gasteiger partial charge in [-0.1, -0.05) is 17.7 Å². The van der Waals surface area contributed by atoms with Crippen LogP contribution in [-0.4, -0.2) is 22.5 Å². The fourth-order valence-corrected chi connectivity index (χ4v) is 2.06. The number of aliphatic hydroxyl groups excluding tert-OH is 1. The molecule has 1 heterocycles. The zero-order chi connectivity index (χ0) is 15.4. The summed E-state index contributed by atoms with van der Waals surface area (Å²) < 4.78 is 5.09. The van der Waals surface area contributed by atoms with Crippen molar-refractivity contribution in [3.63, 3.8) is 0 Å². The zero-order valence-corrected chi connectivity index (χ0v) is 11.4. The molecule has 2 aromatic rings. The van der Waals surface area contributed by atoms with Gasteiger partial charge in [-0.15, -0.1) is 0 Å². The number of amides is 1. The Hall–Kier alpha value is -2.38. The molecule has 8 heteroatoms. The molecule has 1 atom stereocenters. The van der Waals surface area contributed by atoms with E-state index in [0.717, 1.165) is 0 Å². The number of carbonyl (C=O) groups excluding carboxylic acids is 1. The molecular weight excluding hydrogens is 300 g/mol. The van der Waals surface area contributed by atoms with Crippen LogP contribution < -0.4 is 5.32 Å². The number of nitro groups is 1. The number of nitrogens with zero attached hydrogens (tertiary/aromatic N) is 1. The van der Waals surface area contributed by atoms with Crippen molar-refractivity contribution in [1.29, 1.82) is 0 Å². The van der Waals surface area contributed by atoms with Crippen LogP contribution in [0.1, 0.15) is 22.2 Å². The molecule has 1 amide bonds. The normalized spacial score (nSPS) is 11.9. The first-order valence-corrected chi connectivity index (χ1v) is 6.30. The summed E-state index contributed by atoms with van der Waals surface area (Å²) >= 11 is 5.75. The van der Waals surface area contributed by atoms with Gasteiger partial charge < -0.3 is 14.8 Å². The Kier molecular flexibility index (Phi) is 4.56. The van der Waals surface area contributed by atoms with Crippen molar-refractivity contribution in [3.8, 4) is 0 Å². The molecule has 2 rings (SSSR count). The van der Waals surface area contributed by atoms with E-state index in [0.29, 0.717) is 5.76 Å². The zero-order valence-electron chi connectivity index (χ0n) is 10.7. The number of hydrogen-bond acceptors (Lipinski definition) is 5. The molecule has 0 radical (unpaired) electrons. The molecule has 1 aromatic heterocycles. The monoisotopic (exact) mass is 310 g/mol. The van der Waals surface area contributed by atoms with Crippen LogP contribution in [0.2, 0.25) is 5.02 Å². The van der Waals surface area contributed by atoms with Gasteiger partial charge in [0.05, 0.1) is 17.8 Å². The van der Waals surface area contributed by atoms with Crippen LogP contribution >= 0.6 is 11.6 Å². The first-order chi connectivity index (χ1) is 10.0. The van der Waals surface area contributed by atoms with E-state index >= 15 is 0 Å². The number of carbonyl (C=O) groups is 1. The quantitative estimate of drug-likeness (QED) is 0.651. The summed E-state index contributed by atoms with van der Waals surface area (Å²) in [6.07, 6.45) is 1.39. The minimum absolute atomic E-state index is 0.133. The lowest BCUT2D eigenvalue weighted by Crippen LogP contribution is -2.31. The molecule has 0 aliphatic carbocycles. The predicted octanol–water partition coefficient (Wildman–Crippen LogP) is 2.30. The highest BCUT2D eigenvalue weighted by molar-refractivity contribution is 6.33. The number of halogens is 1. The summed E-state index contributed by atoms with van der Waals surface area (Å²) in [4.78, 5) is 22.4. The number of hydrogen-bond donors (Lipinski definition) is 2. The molecule has 0 saturated heterocycles. The van der Waals surface area contributed by atoms with Crippen LogP contribution in [0, 0.1) is 10.1 Å². The maximum Gasteiger partial charge on any atom is 0.300 e. The average molecular weight is 311 g/mol. The van der Waals surface area contributed by atoms with Crippen molar-refractivity contribution in [2.24, 2.45) is 0 Å². The van der Waals surface area contributed by atoms with Crippen LogP contribution in [0.25, 0.3) is 0 Å². The number of benzene rings is 1. The Morgan fingerprint density at radius 2 is 2.19 bits per heavy atom. The third-order valence-corrected chi connectivity index (χ3v) is 3.09. The Bertz CT molecular complexity index is 657. The number of rotatable bonds is 5. The average Bonchev–Trinajstić information content (AvgIpc) is 2.97. The van der Waals surface area contributed by atoms with E-state index in [-0.39, 0.29) is 10.6 Å². The lowest BCUT2D eigenvalue weighted by atomic mass is 10.1. The van der Waals surface area contributed by atoms with Gasteiger partial charge in [-0.05, 0) is 24.3 Å². The van der Waals surface area contributed by atoms with Gasteiger partial charge >= 0.3 is 5.69 Å². The molecule has 0 spiro atoms. The van der Waals surface area contributed by atoms with Crippen molar-refractivity contribution in [2.45, 2.75) is 6.04 Å². The molecule has 21 heavy (non-hydrogen) atoms. The minimum Gasteiger partial charge on any atom is -0.467 e. The number of para-hydroxylation sites is 1. The van der Waals surface area contributed by atoms with Gasteiger partial charge in [-0.25, -0.2) is 0 Å². The summed E-state index contributed by atoms with van der Waals surface area (Å²) in [7, 11) is 0. The highest BCUT2D eigenvalue weighted by Crippen LogP contribution is 2.28. The Morgan fingerprint density at radius 3 is 2.76 bits per heavy atom. The van der Waals surface area contributed by atoms with Gasteiger partial charge in [0.25, 0.3) is 5.91 Å². The molecule has 1 aromatic carbocycles. The van der Waals surface area contributed by atoms with E-state index < -0.39 is 29.2 Å². The maximum atomic E-state index is 12.2. The van der Waals surface area contributed by atoms with Gasteiger partial charge in [0, 0.05) is 0 Å². The third-order valence-electron chi connectivity index (χ3n) is 2.79. The lowest BCUT2D eigenvalue weighted by Gasteiger charge is -2.14. The second-order valence-electron chi connectivity index (χ2n) is 4.12. The molecule has 0 bridgehead atoms. The number of furan rings is 1. The van der Waals surface area contributed by atoms with Crippen molar-refractivity contribution in [2.75, 3.05) is 6.61 Å². The highest BCUT2D eigenvalue weighted by Gasteiger charge is 2.26. The number of nitro benzene ring substituents is 1. The van der Waals surface area contributed by atoms with Gasteiger partial charge in [0.2, 0.25) is 0 Å². The van der Waals surface area contributed by atoms with Gasteiger partial charge in [-0.3, -0.25) is 14.9 Å². The van der Waals surface area contributed by atoms with Gasteiger partial charge in [-0.2, -0.15) is 0 Å². The summed E-state index contributed by atoms with van der Waals surface area (Å²) in [5.41, 5.74) is -0.662. The highest BCUT2D eigenvalue weighted by atomic mass is 35.5. The smallest absolute Gasteiger partial charge is 0.300 e. The van der Waals surface area contributed by atoms with Crippen LogP contribution in [0.15, 0.2) is 41.0 Å². The second-order valence-corrected chi connectivity index (χ2v) is 4.52. The van der Waals surface area contributed by atoms with E-state index in [1.54, 1.807) is 12.1 Å². The third kappa shape index (κ3) is 3.21. The predicted molar refractivity (Wildman–Crippen MR) is 74.1 cm³/mol. The standard InChI is InChI=1S/C13H11ClN2O5/c14-9-4-1-3-8(12(9)16(19)20)13(18)15-10(7-17)11-5-2-6-21-11/h1-6,10,17H,7H2,(H,15,18). The molecule has 0 aliphatic heterocycles. The van der Waals surface area contributed by atoms with Crippen molar-refractivity contribution in [1.82, 2.24) is 5.32 Å². The summed E-state index contributed by atoms with van der Waals surface area (Å²) in [5, 5.41) is 22.6. The SMILES string of the molecule is O=C(NC(CO)c1ccco1)c1cccc(Cl)c1[N+](=O)[O-]. The molecule has 0 saturated carbocycles. The Balaban J connectivity index is 2.29. The topological polar surface area (TPSA) is 106 Å². The number of aliphatic hydroxyl groups is 1.